The zero-order valence-corrected chi connectivity index (χ0v) is 16.9. The number of aryl methyl sites for hydroxylation is 1. The topological polar surface area (TPSA) is 53.2 Å². The van der Waals surface area contributed by atoms with Gasteiger partial charge in [0.15, 0.2) is 0 Å². The highest BCUT2D eigenvalue weighted by Gasteiger charge is 2.29. The first-order chi connectivity index (χ1) is 12.6. The van der Waals surface area contributed by atoms with Crippen LogP contribution in [0.1, 0.15) is 56.7 Å². The van der Waals surface area contributed by atoms with Crippen LogP contribution in [0.4, 0.5) is 0 Å². The molecule has 3 rings (SSSR count). The molecule has 1 heterocycles. The summed E-state index contributed by atoms with van der Waals surface area (Å²) in [6.45, 7) is 6.09. The number of hydrogen-bond donors (Lipinski definition) is 4. The Morgan fingerprint density at radius 2 is 2.19 bits per heavy atom. The smallest absolute Gasteiger partial charge is 0.237 e. The van der Waals surface area contributed by atoms with Gasteiger partial charge in [0.05, 0.1) is 12.1 Å². The Kier molecular flexibility index (Phi) is 7.01. The Bertz CT molecular complexity index is 609. The van der Waals surface area contributed by atoms with Crippen molar-refractivity contribution >= 4 is 18.5 Å². The monoisotopic (exact) mass is 375 g/mol. The largest absolute Gasteiger partial charge is 0.348 e. The Labute approximate surface area is 163 Å². The first kappa shape index (κ1) is 19.7. The number of carbonyl (C=O) groups is 1. The summed E-state index contributed by atoms with van der Waals surface area (Å²) in [4.78, 5) is 13.1. The molecule has 0 spiro atoms. The zero-order chi connectivity index (χ0) is 18.5. The summed E-state index contributed by atoms with van der Waals surface area (Å²) in [5.41, 5.74) is 2.68. The summed E-state index contributed by atoms with van der Waals surface area (Å²) < 4.78 is 0. The van der Waals surface area contributed by atoms with E-state index in [2.05, 4.69) is 66.7 Å². The molecule has 1 amide bonds. The van der Waals surface area contributed by atoms with Gasteiger partial charge in [-0.3, -0.25) is 4.79 Å². The molecule has 5 atom stereocenters. The van der Waals surface area contributed by atoms with Crippen molar-refractivity contribution in [3.05, 3.63) is 35.4 Å². The first-order valence-electron chi connectivity index (χ1n) is 10.1. The molecule has 0 saturated carbocycles. The minimum atomic E-state index is -0.144. The molecule has 0 radical (unpaired) electrons. The van der Waals surface area contributed by atoms with Crippen LogP contribution >= 0.6 is 12.6 Å². The normalized spacial score (nSPS) is 27.6. The molecule has 0 bridgehead atoms. The second kappa shape index (κ2) is 9.25. The number of fused-ring (bicyclic) bond motifs is 1. The molecule has 26 heavy (non-hydrogen) atoms. The highest BCUT2D eigenvalue weighted by molar-refractivity contribution is 7.81. The van der Waals surface area contributed by atoms with Crippen LogP contribution in [-0.2, 0) is 11.2 Å². The maximum atomic E-state index is 13.1. The lowest BCUT2D eigenvalue weighted by molar-refractivity contribution is -0.125. The van der Waals surface area contributed by atoms with Crippen LogP contribution in [0.2, 0.25) is 0 Å². The van der Waals surface area contributed by atoms with Gasteiger partial charge in [0.2, 0.25) is 5.91 Å². The number of amides is 1. The van der Waals surface area contributed by atoms with Crippen molar-refractivity contribution in [1.29, 1.82) is 0 Å². The number of rotatable bonds is 7. The van der Waals surface area contributed by atoms with Crippen molar-refractivity contribution in [3.63, 3.8) is 0 Å². The SMILES string of the molecule is CC[C@H](C)[C@H](NC[C@H]1C[C@@H](S)CN1)C(=O)NC1CCCc2ccccc21. The highest BCUT2D eigenvalue weighted by Crippen LogP contribution is 2.29. The van der Waals surface area contributed by atoms with E-state index in [0.717, 1.165) is 45.2 Å². The Hall–Kier alpha value is -1.04. The first-order valence-corrected chi connectivity index (χ1v) is 10.6. The van der Waals surface area contributed by atoms with Gasteiger partial charge >= 0.3 is 0 Å². The fourth-order valence-corrected chi connectivity index (χ4v) is 4.54. The number of benzene rings is 1. The standard InChI is InChI=1S/C21H33N3OS/c1-3-14(2)20(23-12-16-11-17(26)13-22-16)21(25)24-19-10-6-8-15-7-4-5-9-18(15)19/h4-5,7,9,14,16-17,19-20,22-23,26H,3,6,8,10-13H2,1-2H3,(H,24,25)/t14-,16+,17+,19?,20-/m0/s1. The van der Waals surface area contributed by atoms with Crippen LogP contribution in [0, 0.1) is 5.92 Å². The fraction of sp³-hybridized carbons (Fsp3) is 0.667. The van der Waals surface area contributed by atoms with Crippen molar-refractivity contribution in [2.24, 2.45) is 5.92 Å². The van der Waals surface area contributed by atoms with Gasteiger partial charge in [-0.2, -0.15) is 12.6 Å². The van der Waals surface area contributed by atoms with Gasteiger partial charge in [-0.25, -0.2) is 0 Å². The molecule has 1 unspecified atom stereocenters. The molecule has 1 aliphatic carbocycles. The van der Waals surface area contributed by atoms with E-state index in [4.69, 9.17) is 0 Å². The molecule has 0 aromatic heterocycles. The van der Waals surface area contributed by atoms with Crippen molar-refractivity contribution in [3.8, 4) is 0 Å². The lowest BCUT2D eigenvalue weighted by atomic mass is 9.87. The van der Waals surface area contributed by atoms with Gasteiger partial charge in [-0.05, 0) is 42.7 Å². The lowest BCUT2D eigenvalue weighted by Gasteiger charge is -2.30. The van der Waals surface area contributed by atoms with Crippen molar-refractivity contribution in [2.45, 2.75) is 69.3 Å². The summed E-state index contributed by atoms with van der Waals surface area (Å²) in [5.74, 6) is 0.448. The predicted molar refractivity (Wildman–Crippen MR) is 111 cm³/mol. The van der Waals surface area contributed by atoms with Crippen LogP contribution in [0.3, 0.4) is 0 Å². The third-order valence-corrected chi connectivity index (χ3v) is 6.36. The summed E-state index contributed by atoms with van der Waals surface area (Å²) >= 11 is 4.54. The molecule has 1 fully saturated rings. The van der Waals surface area contributed by atoms with Gasteiger partial charge in [-0.1, -0.05) is 44.5 Å². The van der Waals surface area contributed by atoms with Gasteiger partial charge in [-0.15, -0.1) is 0 Å². The molecular formula is C21H33N3OS. The highest BCUT2D eigenvalue weighted by atomic mass is 32.1. The zero-order valence-electron chi connectivity index (χ0n) is 16.0. The summed E-state index contributed by atoms with van der Waals surface area (Å²) in [7, 11) is 0. The van der Waals surface area contributed by atoms with E-state index in [1.165, 1.54) is 11.1 Å². The maximum absolute atomic E-state index is 13.1. The third kappa shape index (κ3) is 4.81. The van der Waals surface area contributed by atoms with E-state index in [-0.39, 0.29) is 18.0 Å². The molecule has 144 valence electrons. The molecule has 5 heteroatoms. The van der Waals surface area contributed by atoms with Gasteiger partial charge in [0, 0.05) is 24.4 Å². The average Bonchev–Trinajstić information content (AvgIpc) is 3.07. The lowest BCUT2D eigenvalue weighted by Crippen LogP contribution is -2.51. The molecular weight excluding hydrogens is 342 g/mol. The number of nitrogens with one attached hydrogen (secondary N) is 3. The Morgan fingerprint density at radius 1 is 1.38 bits per heavy atom. The minimum absolute atomic E-state index is 0.140. The van der Waals surface area contributed by atoms with Gasteiger partial charge < -0.3 is 16.0 Å². The number of thiol groups is 1. The summed E-state index contributed by atoms with van der Waals surface area (Å²) in [6.07, 6.45) is 5.33. The molecule has 4 nitrogen and oxygen atoms in total. The Balaban J connectivity index is 1.62. The molecule has 2 aliphatic rings. The summed E-state index contributed by atoms with van der Waals surface area (Å²) in [5, 5.41) is 10.8. The van der Waals surface area contributed by atoms with Crippen LogP contribution in [0.25, 0.3) is 0 Å². The minimum Gasteiger partial charge on any atom is -0.348 e. The van der Waals surface area contributed by atoms with E-state index >= 15 is 0 Å². The van der Waals surface area contributed by atoms with E-state index in [0.29, 0.717) is 17.2 Å². The molecule has 1 saturated heterocycles. The van der Waals surface area contributed by atoms with Crippen LogP contribution in [0.5, 0.6) is 0 Å². The number of hydrogen-bond acceptors (Lipinski definition) is 4. The van der Waals surface area contributed by atoms with E-state index in [9.17, 15) is 4.79 Å². The quantitative estimate of drug-likeness (QED) is 0.555. The average molecular weight is 376 g/mol. The van der Waals surface area contributed by atoms with E-state index < -0.39 is 0 Å². The van der Waals surface area contributed by atoms with Crippen LogP contribution < -0.4 is 16.0 Å². The molecule has 1 aliphatic heterocycles. The number of carbonyl (C=O) groups excluding carboxylic acids is 1. The van der Waals surface area contributed by atoms with Gasteiger partial charge in [0.1, 0.15) is 0 Å². The Morgan fingerprint density at radius 3 is 2.92 bits per heavy atom. The van der Waals surface area contributed by atoms with Crippen molar-refractivity contribution in [1.82, 2.24) is 16.0 Å². The fourth-order valence-electron chi connectivity index (χ4n) is 4.18. The molecule has 1 aromatic rings. The van der Waals surface area contributed by atoms with Crippen molar-refractivity contribution in [2.75, 3.05) is 13.1 Å². The molecule has 1 aromatic carbocycles. The maximum Gasteiger partial charge on any atom is 0.237 e. The van der Waals surface area contributed by atoms with Crippen molar-refractivity contribution < 1.29 is 4.79 Å². The van der Waals surface area contributed by atoms with E-state index in [1.54, 1.807) is 0 Å². The van der Waals surface area contributed by atoms with Gasteiger partial charge in [0.25, 0.3) is 0 Å². The summed E-state index contributed by atoms with van der Waals surface area (Å²) in [6, 6.07) is 8.94. The molecule has 3 N–H and O–H groups in total. The second-order valence-electron chi connectivity index (χ2n) is 7.92. The third-order valence-electron chi connectivity index (χ3n) is 5.96. The van der Waals surface area contributed by atoms with E-state index in [1.807, 2.05) is 0 Å². The predicted octanol–water partition coefficient (Wildman–Crippen LogP) is 2.84. The second-order valence-corrected chi connectivity index (χ2v) is 8.65. The van der Waals surface area contributed by atoms with Crippen LogP contribution in [0.15, 0.2) is 24.3 Å². The van der Waals surface area contributed by atoms with Crippen LogP contribution in [-0.4, -0.2) is 36.3 Å².